The van der Waals surface area contributed by atoms with Crippen molar-refractivity contribution in [2.75, 3.05) is 18.1 Å². The molecule has 78 valence electrons. The molecule has 0 atom stereocenters. The molecule has 14 heavy (non-hydrogen) atoms. The molecule has 0 amide bonds. The normalized spacial score (nSPS) is 15.6. The van der Waals surface area contributed by atoms with Gasteiger partial charge in [-0.25, -0.2) is 4.98 Å². The molecule has 0 aromatic carbocycles. The van der Waals surface area contributed by atoms with Gasteiger partial charge in [0, 0.05) is 13.1 Å². The number of nitrogens with one attached hydrogen (secondary N) is 2. The van der Waals surface area contributed by atoms with Gasteiger partial charge < -0.3 is 9.88 Å². The molecule has 0 unspecified atom stereocenters. The summed E-state index contributed by atoms with van der Waals surface area (Å²) in [6.07, 6.45) is 5.61. The Morgan fingerprint density at radius 3 is 3.29 bits per heavy atom. The van der Waals surface area contributed by atoms with Gasteiger partial charge in [-0.2, -0.15) is 0 Å². The molecule has 1 aromatic rings. The zero-order chi connectivity index (χ0) is 9.80. The van der Waals surface area contributed by atoms with Crippen molar-refractivity contribution >= 4 is 5.82 Å². The van der Waals surface area contributed by atoms with Crippen molar-refractivity contribution < 1.29 is 0 Å². The third-order valence-corrected chi connectivity index (χ3v) is 2.63. The minimum absolute atomic E-state index is 0.916. The molecule has 2 rings (SSSR count). The second-order valence-electron chi connectivity index (χ2n) is 3.76. The van der Waals surface area contributed by atoms with Gasteiger partial charge in [-0.15, -0.1) is 0 Å². The molecule has 0 spiro atoms. The Kier molecular flexibility index (Phi) is 3.03. The van der Waals surface area contributed by atoms with E-state index in [0.29, 0.717) is 0 Å². The SMILES string of the molecule is CCCCCN1CNCc2[nH]cnc21. The maximum absolute atomic E-state index is 4.35. The van der Waals surface area contributed by atoms with Crippen molar-refractivity contribution in [2.24, 2.45) is 0 Å². The van der Waals surface area contributed by atoms with Gasteiger partial charge in [-0.05, 0) is 6.42 Å². The zero-order valence-corrected chi connectivity index (χ0v) is 8.71. The number of fused-ring (bicyclic) bond motifs is 1. The average Bonchev–Trinajstić information content (AvgIpc) is 2.67. The van der Waals surface area contributed by atoms with Crippen LogP contribution in [0.1, 0.15) is 31.9 Å². The van der Waals surface area contributed by atoms with Crippen molar-refractivity contribution in [3.63, 3.8) is 0 Å². The Morgan fingerprint density at radius 1 is 1.50 bits per heavy atom. The third-order valence-electron chi connectivity index (χ3n) is 2.63. The number of anilines is 1. The van der Waals surface area contributed by atoms with E-state index >= 15 is 0 Å². The van der Waals surface area contributed by atoms with Crippen molar-refractivity contribution in [2.45, 2.75) is 32.7 Å². The molecule has 2 N–H and O–H groups in total. The topological polar surface area (TPSA) is 44.0 Å². The fourth-order valence-corrected chi connectivity index (χ4v) is 1.84. The number of nitrogens with zero attached hydrogens (tertiary/aromatic N) is 2. The number of hydrogen-bond acceptors (Lipinski definition) is 3. The first-order valence-corrected chi connectivity index (χ1v) is 5.39. The number of H-pyrrole nitrogens is 1. The van der Waals surface area contributed by atoms with Crippen LogP contribution in [0.5, 0.6) is 0 Å². The summed E-state index contributed by atoms with van der Waals surface area (Å²) in [4.78, 5) is 9.82. The molecule has 2 heterocycles. The maximum atomic E-state index is 4.35. The summed E-state index contributed by atoms with van der Waals surface area (Å²) in [6.45, 7) is 5.19. The Balaban J connectivity index is 1.94. The number of aromatic amines is 1. The van der Waals surface area contributed by atoms with Gasteiger partial charge in [0.25, 0.3) is 0 Å². The lowest BCUT2D eigenvalue weighted by atomic mass is 10.2. The van der Waals surface area contributed by atoms with Crippen LogP contribution in [0, 0.1) is 0 Å². The molecule has 0 radical (unpaired) electrons. The quantitative estimate of drug-likeness (QED) is 0.713. The highest BCUT2D eigenvalue weighted by Crippen LogP contribution is 2.18. The summed E-state index contributed by atoms with van der Waals surface area (Å²) >= 11 is 0. The average molecular weight is 194 g/mol. The Labute approximate surface area is 84.7 Å². The van der Waals surface area contributed by atoms with Crippen molar-refractivity contribution in [3.05, 3.63) is 12.0 Å². The van der Waals surface area contributed by atoms with Gasteiger partial charge in [0.15, 0.2) is 5.82 Å². The second-order valence-corrected chi connectivity index (χ2v) is 3.76. The van der Waals surface area contributed by atoms with E-state index in [9.17, 15) is 0 Å². The van der Waals surface area contributed by atoms with Crippen LogP contribution in [0.4, 0.5) is 5.82 Å². The summed E-state index contributed by atoms with van der Waals surface area (Å²) in [5.41, 5.74) is 1.22. The van der Waals surface area contributed by atoms with Gasteiger partial charge in [0.05, 0.1) is 18.7 Å². The summed E-state index contributed by atoms with van der Waals surface area (Å²) in [5, 5.41) is 3.36. The monoisotopic (exact) mass is 194 g/mol. The lowest BCUT2D eigenvalue weighted by molar-refractivity contribution is 0.578. The fourth-order valence-electron chi connectivity index (χ4n) is 1.84. The molecular weight excluding hydrogens is 176 g/mol. The largest absolute Gasteiger partial charge is 0.346 e. The van der Waals surface area contributed by atoms with E-state index in [1.807, 2.05) is 0 Å². The molecule has 0 aliphatic carbocycles. The molecule has 0 saturated heterocycles. The van der Waals surface area contributed by atoms with E-state index in [0.717, 1.165) is 25.6 Å². The minimum Gasteiger partial charge on any atom is -0.346 e. The number of hydrogen-bond donors (Lipinski definition) is 2. The van der Waals surface area contributed by atoms with Crippen LogP contribution in [0.2, 0.25) is 0 Å². The number of imidazole rings is 1. The zero-order valence-electron chi connectivity index (χ0n) is 8.71. The van der Waals surface area contributed by atoms with Crippen LogP contribution >= 0.6 is 0 Å². The highest BCUT2D eigenvalue weighted by atomic mass is 15.3. The maximum Gasteiger partial charge on any atom is 0.152 e. The highest BCUT2D eigenvalue weighted by molar-refractivity contribution is 5.45. The summed E-state index contributed by atoms with van der Waals surface area (Å²) in [5.74, 6) is 1.14. The van der Waals surface area contributed by atoms with E-state index in [1.54, 1.807) is 6.33 Å². The highest BCUT2D eigenvalue weighted by Gasteiger charge is 2.17. The van der Waals surface area contributed by atoms with Gasteiger partial charge in [0.1, 0.15) is 0 Å². The van der Waals surface area contributed by atoms with Crippen molar-refractivity contribution in [1.82, 2.24) is 15.3 Å². The summed E-state index contributed by atoms with van der Waals surface area (Å²) in [6, 6.07) is 0. The third kappa shape index (κ3) is 1.90. The molecule has 0 saturated carbocycles. The van der Waals surface area contributed by atoms with Crippen LogP contribution in [-0.2, 0) is 6.54 Å². The first kappa shape index (κ1) is 9.52. The molecule has 4 heteroatoms. The smallest absolute Gasteiger partial charge is 0.152 e. The first-order chi connectivity index (χ1) is 6.92. The minimum atomic E-state index is 0.916. The number of rotatable bonds is 4. The number of unbranched alkanes of at least 4 members (excludes halogenated alkanes) is 2. The molecule has 1 aliphatic rings. The second kappa shape index (κ2) is 4.46. The molecule has 4 nitrogen and oxygen atoms in total. The Bertz CT molecular complexity index is 281. The molecule has 0 bridgehead atoms. The number of aromatic nitrogens is 2. The van der Waals surface area contributed by atoms with Gasteiger partial charge >= 0.3 is 0 Å². The predicted molar refractivity (Wildman–Crippen MR) is 57.2 cm³/mol. The van der Waals surface area contributed by atoms with Gasteiger partial charge in [-0.3, -0.25) is 5.32 Å². The molecule has 0 fully saturated rings. The van der Waals surface area contributed by atoms with Crippen LogP contribution in [-0.4, -0.2) is 23.2 Å². The Morgan fingerprint density at radius 2 is 2.43 bits per heavy atom. The van der Waals surface area contributed by atoms with Crippen LogP contribution in [0.15, 0.2) is 6.33 Å². The lowest BCUT2D eigenvalue weighted by Gasteiger charge is -2.28. The van der Waals surface area contributed by atoms with E-state index < -0.39 is 0 Å². The van der Waals surface area contributed by atoms with Crippen LogP contribution in [0.25, 0.3) is 0 Å². The summed E-state index contributed by atoms with van der Waals surface area (Å²) in [7, 11) is 0. The van der Waals surface area contributed by atoms with E-state index in [4.69, 9.17) is 0 Å². The standard InChI is InChI=1S/C10H18N4/c1-2-3-4-5-14-8-11-6-9-10(14)13-7-12-9/h7,11H,2-6,8H2,1H3,(H,12,13). The van der Waals surface area contributed by atoms with Crippen LogP contribution < -0.4 is 10.2 Å². The summed E-state index contributed by atoms with van der Waals surface area (Å²) < 4.78 is 0. The van der Waals surface area contributed by atoms with E-state index in [2.05, 4.69) is 27.1 Å². The predicted octanol–water partition coefficient (Wildman–Crippen LogP) is 1.47. The Hall–Kier alpha value is -1.03. The van der Waals surface area contributed by atoms with Crippen molar-refractivity contribution in [1.29, 1.82) is 0 Å². The first-order valence-electron chi connectivity index (χ1n) is 5.39. The lowest BCUT2D eigenvalue weighted by Crippen LogP contribution is -2.39. The van der Waals surface area contributed by atoms with E-state index in [-0.39, 0.29) is 0 Å². The molecular formula is C10H18N4. The molecule has 1 aliphatic heterocycles. The van der Waals surface area contributed by atoms with Gasteiger partial charge in [0.2, 0.25) is 0 Å². The van der Waals surface area contributed by atoms with Crippen LogP contribution in [0.3, 0.4) is 0 Å². The van der Waals surface area contributed by atoms with Gasteiger partial charge in [-0.1, -0.05) is 19.8 Å². The van der Waals surface area contributed by atoms with Crippen molar-refractivity contribution in [3.8, 4) is 0 Å². The molecule has 1 aromatic heterocycles. The van der Waals surface area contributed by atoms with E-state index in [1.165, 1.54) is 25.0 Å². The fraction of sp³-hybridized carbons (Fsp3) is 0.700.